The Morgan fingerprint density at radius 3 is 2.65 bits per heavy atom. The first kappa shape index (κ1) is 14.5. The summed E-state index contributed by atoms with van der Waals surface area (Å²) in [5.74, 6) is 0.640. The van der Waals surface area contributed by atoms with E-state index in [1.807, 2.05) is 19.1 Å². The zero-order valence-electron chi connectivity index (χ0n) is 12.0. The third-order valence-electron chi connectivity index (χ3n) is 3.06. The normalized spacial score (nSPS) is 12.1. The van der Waals surface area contributed by atoms with Crippen molar-refractivity contribution in [2.24, 2.45) is 0 Å². The minimum absolute atomic E-state index is 0.255. The first-order valence-electron chi connectivity index (χ1n) is 7.05. The lowest BCUT2D eigenvalue weighted by Crippen LogP contribution is -2.23. The van der Waals surface area contributed by atoms with Gasteiger partial charge in [0.1, 0.15) is 6.33 Å². The molecule has 0 fully saturated rings. The molecule has 2 rings (SSSR count). The molecule has 0 amide bonds. The minimum atomic E-state index is 0.255. The van der Waals surface area contributed by atoms with E-state index in [0.29, 0.717) is 12.5 Å². The highest BCUT2D eigenvalue weighted by Crippen LogP contribution is 2.18. The molecule has 0 aliphatic rings. The van der Waals surface area contributed by atoms with Crippen LogP contribution in [0.4, 0.5) is 0 Å². The second kappa shape index (κ2) is 7.60. The number of rotatable bonds is 7. The number of likely N-dealkylation sites (N-methyl/N-ethyl adjacent to an activating group) is 1. The van der Waals surface area contributed by atoms with E-state index >= 15 is 0 Å². The van der Waals surface area contributed by atoms with Crippen LogP contribution in [0.15, 0.2) is 42.7 Å². The molecule has 0 spiro atoms. The van der Waals surface area contributed by atoms with E-state index in [1.54, 1.807) is 6.33 Å². The SMILES string of the molecule is CCNC(Cc1cc(OCC)ncn1)c1ccccc1. The van der Waals surface area contributed by atoms with Crippen molar-refractivity contribution >= 4 is 0 Å². The Kier molecular flexibility index (Phi) is 5.50. The zero-order chi connectivity index (χ0) is 14.2. The molecule has 1 heterocycles. The zero-order valence-corrected chi connectivity index (χ0v) is 12.0. The van der Waals surface area contributed by atoms with Crippen LogP contribution in [0.1, 0.15) is 31.1 Å². The summed E-state index contributed by atoms with van der Waals surface area (Å²) in [5, 5.41) is 3.50. The Morgan fingerprint density at radius 2 is 1.95 bits per heavy atom. The number of hydrogen-bond donors (Lipinski definition) is 1. The lowest BCUT2D eigenvalue weighted by molar-refractivity contribution is 0.325. The van der Waals surface area contributed by atoms with Crippen LogP contribution >= 0.6 is 0 Å². The molecule has 0 radical (unpaired) electrons. The number of nitrogens with zero attached hydrogens (tertiary/aromatic N) is 2. The van der Waals surface area contributed by atoms with Crippen LogP contribution in [0.2, 0.25) is 0 Å². The Bertz CT molecular complexity index is 516. The number of nitrogens with one attached hydrogen (secondary N) is 1. The van der Waals surface area contributed by atoms with Crippen molar-refractivity contribution in [3.63, 3.8) is 0 Å². The van der Waals surface area contributed by atoms with Crippen LogP contribution in [0.25, 0.3) is 0 Å². The fourth-order valence-corrected chi connectivity index (χ4v) is 2.16. The highest BCUT2D eigenvalue weighted by molar-refractivity contribution is 5.22. The molecule has 1 N–H and O–H groups in total. The fraction of sp³-hybridized carbons (Fsp3) is 0.375. The van der Waals surface area contributed by atoms with Gasteiger partial charge in [0.25, 0.3) is 0 Å². The van der Waals surface area contributed by atoms with E-state index in [4.69, 9.17) is 4.74 Å². The summed E-state index contributed by atoms with van der Waals surface area (Å²) in [5.41, 5.74) is 2.25. The Labute approximate surface area is 120 Å². The molecule has 1 aromatic carbocycles. The van der Waals surface area contributed by atoms with E-state index in [1.165, 1.54) is 5.56 Å². The van der Waals surface area contributed by atoms with Crippen molar-refractivity contribution in [2.45, 2.75) is 26.3 Å². The molecule has 0 aliphatic heterocycles. The van der Waals surface area contributed by atoms with Gasteiger partial charge in [-0.2, -0.15) is 0 Å². The molecule has 4 nitrogen and oxygen atoms in total. The highest BCUT2D eigenvalue weighted by atomic mass is 16.5. The first-order chi connectivity index (χ1) is 9.83. The molecule has 4 heteroatoms. The summed E-state index contributed by atoms with van der Waals surface area (Å²) in [6, 6.07) is 12.6. The average molecular weight is 271 g/mol. The Balaban J connectivity index is 2.14. The maximum atomic E-state index is 5.42. The van der Waals surface area contributed by atoms with E-state index in [0.717, 1.165) is 18.7 Å². The summed E-state index contributed by atoms with van der Waals surface area (Å²) in [6.45, 7) is 5.60. The van der Waals surface area contributed by atoms with Crippen molar-refractivity contribution in [1.29, 1.82) is 0 Å². The summed E-state index contributed by atoms with van der Waals surface area (Å²) in [7, 11) is 0. The highest BCUT2D eigenvalue weighted by Gasteiger charge is 2.12. The van der Waals surface area contributed by atoms with Crippen molar-refractivity contribution in [3.05, 3.63) is 54.0 Å². The molecule has 106 valence electrons. The van der Waals surface area contributed by atoms with E-state index < -0.39 is 0 Å². The average Bonchev–Trinajstić information content (AvgIpc) is 2.48. The molecule has 2 aromatic rings. The van der Waals surface area contributed by atoms with Gasteiger partial charge in [0.05, 0.1) is 6.61 Å². The van der Waals surface area contributed by atoms with E-state index in [2.05, 4.69) is 46.5 Å². The third kappa shape index (κ3) is 4.03. The lowest BCUT2D eigenvalue weighted by atomic mass is 10.0. The summed E-state index contributed by atoms with van der Waals surface area (Å²) < 4.78 is 5.42. The van der Waals surface area contributed by atoms with Crippen molar-refractivity contribution in [2.75, 3.05) is 13.2 Å². The standard InChI is InChI=1S/C16H21N3O/c1-3-17-15(13-8-6-5-7-9-13)10-14-11-16(20-4-2)19-12-18-14/h5-9,11-12,15,17H,3-4,10H2,1-2H3. The largest absolute Gasteiger partial charge is 0.478 e. The number of benzene rings is 1. The van der Waals surface area contributed by atoms with Crippen molar-refractivity contribution < 1.29 is 4.74 Å². The molecule has 1 unspecified atom stereocenters. The maximum Gasteiger partial charge on any atom is 0.216 e. The van der Waals surface area contributed by atoms with Crippen LogP contribution < -0.4 is 10.1 Å². The second-order valence-electron chi connectivity index (χ2n) is 4.51. The number of hydrogen-bond acceptors (Lipinski definition) is 4. The van der Waals surface area contributed by atoms with Gasteiger partial charge >= 0.3 is 0 Å². The van der Waals surface area contributed by atoms with Gasteiger partial charge in [-0.05, 0) is 19.0 Å². The minimum Gasteiger partial charge on any atom is -0.478 e. The second-order valence-corrected chi connectivity index (χ2v) is 4.51. The molecule has 0 bridgehead atoms. The van der Waals surface area contributed by atoms with Crippen LogP contribution in [0.3, 0.4) is 0 Å². The van der Waals surface area contributed by atoms with Crippen molar-refractivity contribution in [1.82, 2.24) is 15.3 Å². The van der Waals surface area contributed by atoms with E-state index in [-0.39, 0.29) is 6.04 Å². The molecular weight excluding hydrogens is 250 g/mol. The molecular formula is C16H21N3O. The third-order valence-corrected chi connectivity index (χ3v) is 3.06. The number of aromatic nitrogens is 2. The smallest absolute Gasteiger partial charge is 0.216 e. The maximum absolute atomic E-state index is 5.42. The first-order valence-corrected chi connectivity index (χ1v) is 7.05. The fourth-order valence-electron chi connectivity index (χ4n) is 2.16. The molecule has 0 saturated carbocycles. The summed E-state index contributed by atoms with van der Waals surface area (Å²) in [6.07, 6.45) is 2.38. The predicted octanol–water partition coefficient (Wildman–Crippen LogP) is 2.77. The van der Waals surface area contributed by atoms with Gasteiger partial charge < -0.3 is 10.1 Å². The Hall–Kier alpha value is -1.94. The molecule has 1 aromatic heterocycles. The van der Waals surface area contributed by atoms with Crippen LogP contribution in [-0.2, 0) is 6.42 Å². The quantitative estimate of drug-likeness (QED) is 0.841. The summed E-state index contributed by atoms with van der Waals surface area (Å²) in [4.78, 5) is 8.44. The predicted molar refractivity (Wildman–Crippen MR) is 79.8 cm³/mol. The summed E-state index contributed by atoms with van der Waals surface area (Å²) >= 11 is 0. The lowest BCUT2D eigenvalue weighted by Gasteiger charge is -2.18. The molecule has 0 saturated heterocycles. The van der Waals surface area contributed by atoms with Crippen LogP contribution in [-0.4, -0.2) is 23.1 Å². The molecule has 1 atom stereocenters. The van der Waals surface area contributed by atoms with Crippen molar-refractivity contribution in [3.8, 4) is 5.88 Å². The van der Waals surface area contributed by atoms with Gasteiger partial charge in [-0.25, -0.2) is 9.97 Å². The Morgan fingerprint density at radius 1 is 1.15 bits per heavy atom. The molecule has 20 heavy (non-hydrogen) atoms. The van der Waals surface area contributed by atoms with Gasteiger partial charge in [0.2, 0.25) is 5.88 Å². The monoisotopic (exact) mass is 271 g/mol. The van der Waals surface area contributed by atoms with Gasteiger partial charge in [-0.1, -0.05) is 37.3 Å². The van der Waals surface area contributed by atoms with Crippen LogP contribution in [0.5, 0.6) is 5.88 Å². The van der Waals surface area contributed by atoms with Gasteiger partial charge in [-0.15, -0.1) is 0 Å². The van der Waals surface area contributed by atoms with Crippen LogP contribution in [0, 0.1) is 0 Å². The van der Waals surface area contributed by atoms with Gasteiger partial charge in [0.15, 0.2) is 0 Å². The topological polar surface area (TPSA) is 47.0 Å². The molecule has 0 aliphatic carbocycles. The van der Waals surface area contributed by atoms with Gasteiger partial charge in [-0.3, -0.25) is 0 Å². The number of ether oxygens (including phenoxy) is 1. The van der Waals surface area contributed by atoms with E-state index in [9.17, 15) is 0 Å². The van der Waals surface area contributed by atoms with Gasteiger partial charge in [0, 0.05) is 24.2 Å².